The van der Waals surface area contributed by atoms with Gasteiger partial charge >= 0.3 is 11.9 Å². The molecule has 0 aliphatic rings. The Labute approximate surface area is 581 Å². The van der Waals surface area contributed by atoms with Crippen LogP contribution in [0.3, 0.4) is 0 Å². The number of phosphoric acid groups is 1. The van der Waals surface area contributed by atoms with Crippen molar-refractivity contribution in [1.82, 2.24) is 0 Å². The van der Waals surface area contributed by atoms with Crippen LogP contribution in [0.4, 0.5) is 0 Å². The highest BCUT2D eigenvalue weighted by Gasteiger charge is 2.22. The van der Waals surface area contributed by atoms with Crippen molar-refractivity contribution >= 4 is 19.8 Å². The standard InChI is InChI=1S/C84H146NO8P/c1-6-8-10-12-14-16-18-20-22-24-26-28-30-32-34-36-38-40-42-44-46-48-50-52-54-56-58-60-62-64-66-68-70-72-74-76-83(86)90-80-82(81-92-94(88,89)91-79-78-85(3,4)5)93-84(87)77-75-73-71-69-67-65-63-61-59-57-55-53-51-49-47-45-43-41-39-37-35-33-31-29-27-25-23-21-19-17-15-13-11-9-7-2/h9,11,15,17,21,23-24,26-27,29,33,35,39,41,45,47,51,53,57,59,63,65,82H,6-8,10,12-14,16,18-20,22,25,28,30-32,34,36-38,40,42-44,46,48-50,52,54-56,58,60-62,64,66-81H2,1-5H3/b11-9-,17-15-,23-21-,26-24-,29-27-,35-33-,41-39-,47-45-,53-51-,59-57-,65-63-. The monoisotopic (exact) mass is 1330 g/mol. The summed E-state index contributed by atoms with van der Waals surface area (Å²) >= 11 is 0. The fourth-order valence-electron chi connectivity index (χ4n) is 10.7. The Kier molecular flexibility index (Phi) is 70.4. The predicted molar refractivity (Wildman–Crippen MR) is 406 cm³/mol. The van der Waals surface area contributed by atoms with Gasteiger partial charge in [0, 0.05) is 12.8 Å². The first-order chi connectivity index (χ1) is 46.0. The number of rotatable bonds is 71. The quantitative estimate of drug-likeness (QED) is 0.0195. The fourth-order valence-corrected chi connectivity index (χ4v) is 11.5. The van der Waals surface area contributed by atoms with Crippen molar-refractivity contribution in [1.29, 1.82) is 0 Å². The number of phosphoric ester groups is 1. The molecule has 0 rings (SSSR count). The minimum absolute atomic E-state index is 0.0415. The SMILES string of the molecule is CC/C=C\C/C=C\C/C=C\C/C=C\C/C=C\C/C=C\C/C=C\C/C=C\C/C=C\C/C=C\CCCCCCC(=O)OC(COC(=O)CCCCCCCCCCCCCCCCCCCCCCCCC/C=C\CCCCCCCCCC)COP(=O)([O-])OCC[N+](C)(C)C. The summed E-state index contributed by atoms with van der Waals surface area (Å²) in [6.45, 7) is 4.12. The average molecular weight is 1330 g/mol. The summed E-state index contributed by atoms with van der Waals surface area (Å²) in [5.41, 5.74) is 0. The maximum atomic E-state index is 12.9. The van der Waals surface area contributed by atoms with Crippen molar-refractivity contribution in [2.75, 3.05) is 47.5 Å². The number of unbranched alkanes of at least 4 members (excludes halogenated alkanes) is 35. The Balaban J connectivity index is 4.07. The first-order valence-corrected chi connectivity index (χ1v) is 40.4. The van der Waals surface area contributed by atoms with Gasteiger partial charge in [0.2, 0.25) is 0 Å². The molecule has 0 bridgehead atoms. The normalized spacial score (nSPS) is 13.8. The van der Waals surface area contributed by atoms with E-state index in [4.69, 9.17) is 18.5 Å². The zero-order chi connectivity index (χ0) is 68.3. The molecule has 0 saturated carbocycles. The lowest BCUT2D eigenvalue weighted by Crippen LogP contribution is -2.37. The summed E-state index contributed by atoms with van der Waals surface area (Å²) in [6.07, 6.45) is 107. The Morgan fingerprint density at radius 1 is 0.340 bits per heavy atom. The number of ether oxygens (including phenoxy) is 2. The molecule has 2 unspecified atom stereocenters. The number of carbonyl (C=O) groups is 2. The lowest BCUT2D eigenvalue weighted by molar-refractivity contribution is -0.870. The van der Waals surface area contributed by atoms with Gasteiger partial charge in [-0.25, -0.2) is 0 Å². The molecule has 0 spiro atoms. The molecule has 0 aliphatic carbocycles. The Bertz CT molecular complexity index is 2050. The van der Waals surface area contributed by atoms with Gasteiger partial charge in [-0.05, 0) is 116 Å². The smallest absolute Gasteiger partial charge is 0.306 e. The van der Waals surface area contributed by atoms with Gasteiger partial charge in [0.25, 0.3) is 7.82 Å². The third kappa shape index (κ3) is 77.2. The van der Waals surface area contributed by atoms with E-state index in [1.54, 1.807) is 0 Å². The second-order valence-corrected chi connectivity index (χ2v) is 28.4. The number of nitrogens with zero attached hydrogens (tertiary/aromatic N) is 1. The molecule has 2 atom stereocenters. The molecular formula is C84H146NO8P. The number of allylic oxidation sites excluding steroid dienone is 22. The molecule has 94 heavy (non-hydrogen) atoms. The van der Waals surface area contributed by atoms with Crippen molar-refractivity contribution in [3.05, 3.63) is 134 Å². The van der Waals surface area contributed by atoms with E-state index in [1.807, 2.05) is 21.1 Å². The second kappa shape index (κ2) is 73.4. The van der Waals surface area contributed by atoms with Gasteiger partial charge in [-0.3, -0.25) is 14.2 Å². The van der Waals surface area contributed by atoms with Crippen LogP contribution in [-0.4, -0.2) is 70.0 Å². The predicted octanol–water partition coefficient (Wildman–Crippen LogP) is 25.3. The van der Waals surface area contributed by atoms with Crippen molar-refractivity contribution in [2.45, 2.75) is 341 Å². The first-order valence-electron chi connectivity index (χ1n) is 38.9. The minimum Gasteiger partial charge on any atom is -0.756 e. The van der Waals surface area contributed by atoms with Crippen LogP contribution in [0.2, 0.25) is 0 Å². The van der Waals surface area contributed by atoms with E-state index in [9.17, 15) is 19.0 Å². The lowest BCUT2D eigenvalue weighted by atomic mass is 10.0. The van der Waals surface area contributed by atoms with E-state index in [0.717, 1.165) is 109 Å². The van der Waals surface area contributed by atoms with Crippen molar-refractivity contribution < 1.29 is 42.1 Å². The number of esters is 2. The van der Waals surface area contributed by atoms with Crippen molar-refractivity contribution in [3.63, 3.8) is 0 Å². The zero-order valence-electron chi connectivity index (χ0n) is 61.6. The minimum atomic E-state index is -4.66. The van der Waals surface area contributed by atoms with Gasteiger partial charge < -0.3 is 27.9 Å². The van der Waals surface area contributed by atoms with Gasteiger partial charge in [-0.1, -0.05) is 340 Å². The van der Waals surface area contributed by atoms with E-state index < -0.39 is 26.5 Å². The molecule has 0 radical (unpaired) electrons. The van der Waals surface area contributed by atoms with Crippen LogP contribution in [0.25, 0.3) is 0 Å². The highest BCUT2D eigenvalue weighted by atomic mass is 31.2. The molecule has 0 saturated heterocycles. The summed E-state index contributed by atoms with van der Waals surface area (Å²) in [6, 6.07) is 0. The van der Waals surface area contributed by atoms with Gasteiger partial charge in [-0.15, -0.1) is 0 Å². The Morgan fingerprint density at radius 2 is 0.606 bits per heavy atom. The van der Waals surface area contributed by atoms with Crippen LogP contribution < -0.4 is 4.89 Å². The summed E-state index contributed by atoms with van der Waals surface area (Å²) in [5, 5.41) is 0. The van der Waals surface area contributed by atoms with Crippen LogP contribution >= 0.6 is 7.82 Å². The van der Waals surface area contributed by atoms with E-state index in [1.165, 1.54) is 193 Å². The molecule has 10 heteroatoms. The highest BCUT2D eigenvalue weighted by molar-refractivity contribution is 7.45. The number of hydrogen-bond acceptors (Lipinski definition) is 8. The molecule has 540 valence electrons. The molecule has 0 fully saturated rings. The van der Waals surface area contributed by atoms with Gasteiger partial charge in [0.05, 0.1) is 27.7 Å². The average Bonchev–Trinajstić information content (AvgIpc) is 1.68. The first kappa shape index (κ1) is 90.2. The van der Waals surface area contributed by atoms with E-state index in [-0.39, 0.29) is 32.0 Å². The maximum absolute atomic E-state index is 12.9. The number of carbonyl (C=O) groups excluding carboxylic acids is 2. The summed E-state index contributed by atoms with van der Waals surface area (Å²) in [7, 11) is 1.14. The summed E-state index contributed by atoms with van der Waals surface area (Å²) in [4.78, 5) is 38.1. The summed E-state index contributed by atoms with van der Waals surface area (Å²) in [5.74, 6) is -0.859. The highest BCUT2D eigenvalue weighted by Crippen LogP contribution is 2.38. The van der Waals surface area contributed by atoms with E-state index in [0.29, 0.717) is 17.4 Å². The van der Waals surface area contributed by atoms with Crippen LogP contribution in [0.5, 0.6) is 0 Å². The maximum Gasteiger partial charge on any atom is 0.306 e. The third-order valence-corrected chi connectivity index (χ3v) is 17.6. The molecule has 0 aliphatic heterocycles. The lowest BCUT2D eigenvalue weighted by Gasteiger charge is -2.28. The number of quaternary nitrogens is 1. The van der Waals surface area contributed by atoms with Crippen molar-refractivity contribution in [3.8, 4) is 0 Å². The Morgan fingerprint density at radius 3 is 0.915 bits per heavy atom. The molecule has 9 nitrogen and oxygen atoms in total. The third-order valence-electron chi connectivity index (χ3n) is 16.7. The molecule has 0 aromatic rings. The zero-order valence-corrected chi connectivity index (χ0v) is 62.5. The van der Waals surface area contributed by atoms with Crippen LogP contribution in [0.15, 0.2) is 134 Å². The van der Waals surface area contributed by atoms with Gasteiger partial charge in [0.15, 0.2) is 6.10 Å². The van der Waals surface area contributed by atoms with E-state index >= 15 is 0 Å². The molecular weight excluding hydrogens is 1180 g/mol. The number of hydrogen-bond donors (Lipinski definition) is 0. The second-order valence-electron chi connectivity index (χ2n) is 27.0. The summed E-state index contributed by atoms with van der Waals surface area (Å²) < 4.78 is 34.3. The molecule has 0 heterocycles. The molecule has 0 aromatic heterocycles. The largest absolute Gasteiger partial charge is 0.756 e. The Hall–Kier alpha value is -3.85. The fraction of sp³-hybridized carbons (Fsp3) is 0.714. The van der Waals surface area contributed by atoms with Crippen LogP contribution in [0, 0.1) is 0 Å². The topological polar surface area (TPSA) is 111 Å². The van der Waals surface area contributed by atoms with Crippen LogP contribution in [0.1, 0.15) is 335 Å². The molecule has 0 amide bonds. The van der Waals surface area contributed by atoms with Crippen molar-refractivity contribution in [2.24, 2.45) is 0 Å². The van der Waals surface area contributed by atoms with Gasteiger partial charge in [0.1, 0.15) is 19.8 Å². The van der Waals surface area contributed by atoms with Crippen LogP contribution in [-0.2, 0) is 32.7 Å². The van der Waals surface area contributed by atoms with Gasteiger partial charge in [-0.2, -0.15) is 0 Å². The molecule has 0 N–H and O–H groups in total. The van der Waals surface area contributed by atoms with E-state index in [2.05, 4.69) is 148 Å². The molecule has 0 aromatic carbocycles. The number of likely N-dealkylation sites (N-methyl/N-ethyl adjacent to an activating group) is 1.